The molecule has 0 fully saturated rings. The van der Waals surface area contributed by atoms with Crippen LogP contribution in [0.3, 0.4) is 0 Å². The lowest BCUT2D eigenvalue weighted by atomic mass is 10.2. The number of aryl methyl sites for hydroxylation is 1. The SMILES string of the molecule is Cc1nc(NC(=O)c2ccc(Oc3ccccc3)cc2)sc1SCC(N)=O. The number of para-hydroxylation sites is 1. The maximum Gasteiger partial charge on any atom is 0.257 e. The Bertz CT molecular complexity index is 941. The van der Waals surface area contributed by atoms with Crippen LogP contribution >= 0.6 is 23.1 Å². The molecule has 0 aliphatic carbocycles. The van der Waals surface area contributed by atoms with Crippen molar-refractivity contribution in [3.63, 3.8) is 0 Å². The van der Waals surface area contributed by atoms with E-state index in [-0.39, 0.29) is 11.7 Å². The summed E-state index contributed by atoms with van der Waals surface area (Å²) in [5.41, 5.74) is 6.41. The summed E-state index contributed by atoms with van der Waals surface area (Å²) in [6.45, 7) is 1.82. The van der Waals surface area contributed by atoms with Gasteiger partial charge in [-0.25, -0.2) is 4.98 Å². The van der Waals surface area contributed by atoms with Gasteiger partial charge in [-0.05, 0) is 43.3 Å². The summed E-state index contributed by atoms with van der Waals surface area (Å²) in [6.07, 6.45) is 0. The van der Waals surface area contributed by atoms with Gasteiger partial charge in [0.15, 0.2) is 5.13 Å². The lowest BCUT2D eigenvalue weighted by molar-refractivity contribution is -0.115. The Kier molecular flexibility index (Phi) is 6.10. The number of hydrogen-bond donors (Lipinski definition) is 2. The van der Waals surface area contributed by atoms with Crippen LogP contribution in [0.5, 0.6) is 11.5 Å². The zero-order valence-electron chi connectivity index (χ0n) is 14.5. The normalized spacial score (nSPS) is 10.4. The number of anilines is 1. The maximum atomic E-state index is 12.4. The largest absolute Gasteiger partial charge is 0.457 e. The average Bonchev–Trinajstić information content (AvgIpc) is 3.00. The van der Waals surface area contributed by atoms with E-state index >= 15 is 0 Å². The second kappa shape index (κ2) is 8.70. The summed E-state index contributed by atoms with van der Waals surface area (Å²) in [7, 11) is 0. The molecule has 0 saturated heterocycles. The predicted molar refractivity (Wildman–Crippen MR) is 108 cm³/mol. The van der Waals surface area contributed by atoms with Crippen molar-refractivity contribution in [3.05, 3.63) is 65.9 Å². The summed E-state index contributed by atoms with van der Waals surface area (Å²) in [5, 5.41) is 3.26. The quantitative estimate of drug-likeness (QED) is 0.584. The van der Waals surface area contributed by atoms with Gasteiger partial charge < -0.3 is 10.5 Å². The Labute approximate surface area is 164 Å². The van der Waals surface area contributed by atoms with E-state index in [2.05, 4.69) is 10.3 Å². The summed E-state index contributed by atoms with van der Waals surface area (Å²) in [6, 6.07) is 16.3. The Hall–Kier alpha value is -2.84. The molecular formula is C19H17N3O3S2. The summed E-state index contributed by atoms with van der Waals surface area (Å²) < 4.78 is 6.57. The Balaban J connectivity index is 1.62. The molecule has 138 valence electrons. The third-order valence-electron chi connectivity index (χ3n) is 3.42. The van der Waals surface area contributed by atoms with Crippen molar-refractivity contribution in [2.45, 2.75) is 11.1 Å². The van der Waals surface area contributed by atoms with Crippen molar-refractivity contribution < 1.29 is 14.3 Å². The molecule has 0 aliphatic heterocycles. The first-order valence-corrected chi connectivity index (χ1v) is 9.84. The molecule has 2 amide bonds. The number of nitrogens with zero attached hydrogens (tertiary/aromatic N) is 1. The van der Waals surface area contributed by atoms with E-state index in [1.165, 1.54) is 23.1 Å². The standard InChI is InChI=1S/C19H17N3O3S2/c1-12-18(26-11-16(20)23)27-19(21-12)22-17(24)13-7-9-15(10-8-13)25-14-5-3-2-4-6-14/h2-10H,11H2,1H3,(H2,20,23)(H,21,22,24). The van der Waals surface area contributed by atoms with Gasteiger partial charge in [0, 0.05) is 5.56 Å². The van der Waals surface area contributed by atoms with Gasteiger partial charge >= 0.3 is 0 Å². The zero-order chi connectivity index (χ0) is 19.2. The van der Waals surface area contributed by atoms with E-state index in [1.807, 2.05) is 37.3 Å². The first-order chi connectivity index (χ1) is 13.0. The molecule has 0 saturated carbocycles. The number of primary amides is 1. The molecule has 3 rings (SSSR count). The van der Waals surface area contributed by atoms with E-state index in [4.69, 9.17) is 10.5 Å². The third kappa shape index (κ3) is 5.32. The van der Waals surface area contributed by atoms with Gasteiger partial charge in [-0.2, -0.15) is 0 Å². The van der Waals surface area contributed by atoms with Gasteiger partial charge in [0.1, 0.15) is 11.5 Å². The maximum absolute atomic E-state index is 12.4. The van der Waals surface area contributed by atoms with Crippen LogP contribution in [0.25, 0.3) is 0 Å². The van der Waals surface area contributed by atoms with Crippen LogP contribution in [-0.2, 0) is 4.79 Å². The minimum Gasteiger partial charge on any atom is -0.457 e. The van der Waals surface area contributed by atoms with Crippen molar-refractivity contribution in [1.82, 2.24) is 4.98 Å². The van der Waals surface area contributed by atoms with E-state index in [9.17, 15) is 9.59 Å². The molecule has 0 radical (unpaired) electrons. The predicted octanol–water partition coefficient (Wildman–Crippen LogP) is 4.07. The third-order valence-corrected chi connectivity index (χ3v) is 5.87. The van der Waals surface area contributed by atoms with Crippen LogP contribution in [-0.4, -0.2) is 22.6 Å². The van der Waals surface area contributed by atoms with Gasteiger partial charge in [-0.3, -0.25) is 14.9 Å². The molecule has 27 heavy (non-hydrogen) atoms. The number of thioether (sulfide) groups is 1. The number of hydrogen-bond acceptors (Lipinski definition) is 6. The van der Waals surface area contributed by atoms with Gasteiger partial charge in [0.2, 0.25) is 5.91 Å². The van der Waals surface area contributed by atoms with Crippen molar-refractivity contribution in [2.24, 2.45) is 5.73 Å². The highest BCUT2D eigenvalue weighted by Crippen LogP contribution is 2.32. The molecule has 1 aromatic heterocycles. The monoisotopic (exact) mass is 399 g/mol. The van der Waals surface area contributed by atoms with Crippen LogP contribution in [0.4, 0.5) is 5.13 Å². The number of carbonyl (C=O) groups is 2. The molecule has 3 N–H and O–H groups in total. The van der Waals surface area contributed by atoms with Crippen LogP contribution in [0.1, 0.15) is 16.1 Å². The lowest BCUT2D eigenvalue weighted by Crippen LogP contribution is -2.12. The van der Waals surface area contributed by atoms with Gasteiger partial charge in [0.25, 0.3) is 5.91 Å². The summed E-state index contributed by atoms with van der Waals surface area (Å²) in [4.78, 5) is 27.6. The van der Waals surface area contributed by atoms with Crippen molar-refractivity contribution in [1.29, 1.82) is 0 Å². The second-order valence-corrected chi connectivity index (χ2v) is 7.78. The summed E-state index contributed by atoms with van der Waals surface area (Å²) >= 11 is 2.63. The minimum atomic E-state index is -0.392. The molecule has 0 unspecified atom stereocenters. The fourth-order valence-electron chi connectivity index (χ4n) is 2.17. The number of nitrogens with one attached hydrogen (secondary N) is 1. The number of aromatic nitrogens is 1. The molecule has 0 aliphatic rings. The fraction of sp³-hybridized carbons (Fsp3) is 0.105. The number of carbonyl (C=O) groups excluding carboxylic acids is 2. The number of rotatable bonds is 7. The molecule has 2 aromatic carbocycles. The van der Waals surface area contributed by atoms with Gasteiger partial charge in [-0.1, -0.05) is 29.5 Å². The number of benzene rings is 2. The zero-order valence-corrected chi connectivity index (χ0v) is 16.1. The molecule has 0 spiro atoms. The molecule has 3 aromatic rings. The number of thiazole rings is 1. The Morgan fingerprint density at radius 1 is 1.11 bits per heavy atom. The van der Waals surface area contributed by atoms with Gasteiger partial charge in [0.05, 0.1) is 15.7 Å². The van der Waals surface area contributed by atoms with Crippen molar-refractivity contribution in [2.75, 3.05) is 11.1 Å². The second-order valence-electron chi connectivity index (χ2n) is 5.54. The van der Waals surface area contributed by atoms with E-state index in [0.29, 0.717) is 16.4 Å². The van der Waals surface area contributed by atoms with Crippen LogP contribution in [0, 0.1) is 6.92 Å². The number of amides is 2. The van der Waals surface area contributed by atoms with Crippen molar-refractivity contribution >= 4 is 40.0 Å². The average molecular weight is 399 g/mol. The first kappa shape index (κ1) is 18.9. The lowest BCUT2D eigenvalue weighted by Gasteiger charge is -2.06. The molecular weight excluding hydrogens is 382 g/mol. The first-order valence-electron chi connectivity index (χ1n) is 8.04. The minimum absolute atomic E-state index is 0.180. The Morgan fingerprint density at radius 2 is 1.78 bits per heavy atom. The molecule has 0 bridgehead atoms. The van der Waals surface area contributed by atoms with E-state index in [1.54, 1.807) is 24.3 Å². The Morgan fingerprint density at radius 3 is 2.44 bits per heavy atom. The highest BCUT2D eigenvalue weighted by atomic mass is 32.2. The van der Waals surface area contributed by atoms with Crippen LogP contribution in [0.2, 0.25) is 0 Å². The molecule has 6 nitrogen and oxygen atoms in total. The highest BCUT2D eigenvalue weighted by Gasteiger charge is 2.13. The number of ether oxygens (including phenoxy) is 1. The topological polar surface area (TPSA) is 94.3 Å². The molecule has 1 heterocycles. The molecule has 8 heteroatoms. The highest BCUT2D eigenvalue weighted by molar-refractivity contribution is 8.01. The van der Waals surface area contributed by atoms with E-state index in [0.717, 1.165) is 15.7 Å². The smallest absolute Gasteiger partial charge is 0.257 e. The van der Waals surface area contributed by atoms with Crippen LogP contribution in [0.15, 0.2) is 58.8 Å². The summed E-state index contributed by atoms with van der Waals surface area (Å²) in [5.74, 6) is 0.902. The van der Waals surface area contributed by atoms with Crippen LogP contribution < -0.4 is 15.8 Å². The van der Waals surface area contributed by atoms with E-state index < -0.39 is 5.91 Å². The van der Waals surface area contributed by atoms with Gasteiger partial charge in [-0.15, -0.1) is 11.8 Å². The van der Waals surface area contributed by atoms with Crippen molar-refractivity contribution in [3.8, 4) is 11.5 Å². The number of nitrogens with two attached hydrogens (primary N) is 1. The fourth-order valence-corrected chi connectivity index (χ4v) is 4.05. The molecule has 0 atom stereocenters.